The molecule has 0 aromatic heterocycles. The second-order valence-electron chi connectivity index (χ2n) is 5.89. The maximum absolute atomic E-state index is 6.30. The topological polar surface area (TPSA) is 21.7 Å². The minimum absolute atomic E-state index is 0. The summed E-state index contributed by atoms with van der Waals surface area (Å²) in [7, 11) is 0.456. The zero-order valence-electron chi connectivity index (χ0n) is 11.4. The summed E-state index contributed by atoms with van der Waals surface area (Å²) in [5.41, 5.74) is 0. The van der Waals surface area contributed by atoms with E-state index in [4.69, 9.17) is 9.16 Å². The summed E-state index contributed by atoms with van der Waals surface area (Å²) in [5, 5.41) is 0.269. The predicted molar refractivity (Wildman–Crippen MR) is 72.8 cm³/mol. The molecule has 5 heteroatoms. The first-order valence-corrected chi connectivity index (χ1v) is 8.61. The average Bonchev–Trinajstić information content (AvgIpc) is 2.06. The van der Waals surface area contributed by atoms with E-state index < -0.39 is 8.32 Å². The van der Waals surface area contributed by atoms with Crippen LogP contribution in [0.1, 0.15) is 20.8 Å². The van der Waals surface area contributed by atoms with Gasteiger partial charge in [-0.15, -0.1) is 12.4 Å². The zero-order chi connectivity index (χ0) is 11.7. The summed E-state index contributed by atoms with van der Waals surface area (Å²) in [6.07, 6.45) is 0.152. The lowest BCUT2D eigenvalue weighted by molar-refractivity contribution is -0.0856. The molecule has 0 unspecified atom stereocenters. The van der Waals surface area contributed by atoms with Crippen LogP contribution in [0.2, 0.25) is 18.1 Å². The number of likely N-dealkylation sites (N-methyl/N-ethyl adjacent to an activating group) is 1. The van der Waals surface area contributed by atoms with Crippen molar-refractivity contribution in [2.24, 2.45) is 0 Å². The van der Waals surface area contributed by atoms with Gasteiger partial charge >= 0.3 is 0 Å². The third-order valence-corrected chi connectivity index (χ3v) is 8.05. The van der Waals surface area contributed by atoms with Gasteiger partial charge in [0.1, 0.15) is 6.23 Å². The highest BCUT2D eigenvalue weighted by molar-refractivity contribution is 6.74. The first-order valence-electron chi connectivity index (χ1n) is 5.70. The van der Waals surface area contributed by atoms with E-state index >= 15 is 0 Å². The normalized spacial score (nSPS) is 24.0. The van der Waals surface area contributed by atoms with Crippen LogP contribution >= 0.6 is 12.4 Å². The minimum Gasteiger partial charge on any atom is -0.399 e. The molecule has 98 valence electrons. The molecule has 0 radical (unpaired) electrons. The summed E-state index contributed by atoms with van der Waals surface area (Å²) in [6, 6.07) is 0. The number of hydrogen-bond acceptors (Lipinski definition) is 3. The van der Waals surface area contributed by atoms with E-state index in [2.05, 4.69) is 45.8 Å². The van der Waals surface area contributed by atoms with Gasteiger partial charge in [0.05, 0.1) is 13.2 Å². The first-order chi connectivity index (χ1) is 6.74. The number of hydrogen-bond donors (Lipinski definition) is 0. The van der Waals surface area contributed by atoms with Crippen molar-refractivity contribution in [1.82, 2.24) is 4.90 Å². The summed E-state index contributed by atoms with van der Waals surface area (Å²) in [5.74, 6) is 0. The van der Waals surface area contributed by atoms with E-state index in [0.29, 0.717) is 6.61 Å². The van der Waals surface area contributed by atoms with Crippen molar-refractivity contribution < 1.29 is 9.16 Å². The minimum atomic E-state index is -1.66. The predicted octanol–water partition coefficient (Wildman–Crippen LogP) is 2.72. The van der Waals surface area contributed by atoms with Gasteiger partial charge in [-0.25, -0.2) is 0 Å². The molecule has 0 aromatic carbocycles. The Labute approximate surface area is 107 Å². The van der Waals surface area contributed by atoms with Gasteiger partial charge in [-0.2, -0.15) is 0 Å². The molecule has 1 atom stereocenters. The fraction of sp³-hybridized carbons (Fsp3) is 1.00. The number of nitrogens with zero attached hydrogens (tertiary/aromatic N) is 1. The van der Waals surface area contributed by atoms with Crippen molar-refractivity contribution in [1.29, 1.82) is 0 Å². The van der Waals surface area contributed by atoms with E-state index in [1.54, 1.807) is 0 Å². The number of morpholine rings is 1. The molecule has 0 bridgehead atoms. The SMILES string of the molecule is CN1CCOC[C@H]1O[Si](C)(C)C(C)(C)C.Cl. The van der Waals surface area contributed by atoms with Crippen molar-refractivity contribution >= 4 is 20.7 Å². The van der Waals surface area contributed by atoms with Gasteiger partial charge in [-0.1, -0.05) is 20.8 Å². The Morgan fingerprint density at radius 1 is 1.31 bits per heavy atom. The monoisotopic (exact) mass is 267 g/mol. The Morgan fingerprint density at radius 3 is 2.31 bits per heavy atom. The Hall–Kier alpha value is 0.387. The Kier molecular flexibility index (Phi) is 5.96. The molecule has 1 aliphatic rings. The molecule has 1 rings (SSSR count). The van der Waals surface area contributed by atoms with E-state index in [1.807, 2.05) is 0 Å². The molecule has 16 heavy (non-hydrogen) atoms. The molecule has 3 nitrogen and oxygen atoms in total. The number of ether oxygens (including phenoxy) is 1. The molecule has 0 spiro atoms. The highest BCUT2D eigenvalue weighted by Crippen LogP contribution is 2.37. The van der Waals surface area contributed by atoms with Crippen LogP contribution in [0.25, 0.3) is 0 Å². The van der Waals surface area contributed by atoms with Crippen LogP contribution in [-0.2, 0) is 9.16 Å². The van der Waals surface area contributed by atoms with Gasteiger partial charge in [0.25, 0.3) is 0 Å². The summed E-state index contributed by atoms with van der Waals surface area (Å²) >= 11 is 0. The standard InChI is InChI=1S/C11H25NO2Si.ClH/c1-11(2,3)15(5,6)14-10-9-13-8-7-12(10)4;/h10H,7-9H2,1-6H3;1H/t10-;/m1./s1. The van der Waals surface area contributed by atoms with Crippen LogP contribution in [0.15, 0.2) is 0 Å². The maximum Gasteiger partial charge on any atom is 0.194 e. The number of halogens is 1. The van der Waals surface area contributed by atoms with Crippen molar-refractivity contribution in [2.45, 2.75) is 45.1 Å². The zero-order valence-corrected chi connectivity index (χ0v) is 13.2. The maximum atomic E-state index is 6.30. The summed E-state index contributed by atoms with van der Waals surface area (Å²) < 4.78 is 11.8. The second kappa shape index (κ2) is 5.82. The largest absolute Gasteiger partial charge is 0.399 e. The summed E-state index contributed by atoms with van der Waals surface area (Å²) in [4.78, 5) is 2.25. The van der Waals surface area contributed by atoms with Crippen LogP contribution in [0.5, 0.6) is 0 Å². The Morgan fingerprint density at radius 2 is 1.88 bits per heavy atom. The van der Waals surface area contributed by atoms with Gasteiger partial charge in [0.15, 0.2) is 8.32 Å². The Bertz CT molecular complexity index is 219. The lowest BCUT2D eigenvalue weighted by Crippen LogP contribution is -2.52. The molecule has 1 heterocycles. The van der Waals surface area contributed by atoms with Crippen LogP contribution in [0, 0.1) is 0 Å². The molecule has 1 saturated heterocycles. The van der Waals surface area contributed by atoms with Crippen molar-refractivity contribution in [2.75, 3.05) is 26.8 Å². The number of rotatable bonds is 2. The summed E-state index contributed by atoms with van der Waals surface area (Å²) in [6.45, 7) is 13.9. The molecule has 1 fully saturated rings. The van der Waals surface area contributed by atoms with Crippen molar-refractivity contribution in [3.05, 3.63) is 0 Å². The lowest BCUT2D eigenvalue weighted by atomic mass is 10.2. The highest BCUT2D eigenvalue weighted by atomic mass is 35.5. The third-order valence-electron chi connectivity index (χ3n) is 3.58. The van der Waals surface area contributed by atoms with E-state index in [9.17, 15) is 0 Å². The van der Waals surface area contributed by atoms with Crippen LogP contribution in [0.4, 0.5) is 0 Å². The first kappa shape index (κ1) is 16.4. The molecular weight excluding hydrogens is 242 g/mol. The fourth-order valence-corrected chi connectivity index (χ4v) is 2.59. The van der Waals surface area contributed by atoms with Gasteiger partial charge in [-0.3, -0.25) is 4.90 Å². The van der Waals surface area contributed by atoms with Gasteiger partial charge in [0, 0.05) is 6.54 Å². The van der Waals surface area contributed by atoms with E-state index in [-0.39, 0.29) is 23.7 Å². The van der Waals surface area contributed by atoms with E-state index in [0.717, 1.165) is 13.2 Å². The smallest absolute Gasteiger partial charge is 0.194 e. The van der Waals surface area contributed by atoms with Crippen LogP contribution in [0.3, 0.4) is 0 Å². The van der Waals surface area contributed by atoms with Gasteiger partial charge < -0.3 is 9.16 Å². The molecule has 0 aliphatic carbocycles. The van der Waals surface area contributed by atoms with Gasteiger partial charge in [-0.05, 0) is 25.2 Å². The molecule has 0 aromatic rings. The average molecular weight is 268 g/mol. The van der Waals surface area contributed by atoms with Crippen LogP contribution < -0.4 is 0 Å². The van der Waals surface area contributed by atoms with Crippen LogP contribution in [-0.4, -0.2) is 46.3 Å². The molecule has 1 aliphatic heterocycles. The van der Waals surface area contributed by atoms with Gasteiger partial charge in [0.2, 0.25) is 0 Å². The lowest BCUT2D eigenvalue weighted by Gasteiger charge is -2.43. The molecular formula is C11H26ClNO2Si. The molecule has 0 amide bonds. The second-order valence-corrected chi connectivity index (χ2v) is 10.6. The Balaban J connectivity index is 0.00000225. The third kappa shape index (κ3) is 4.00. The fourth-order valence-electron chi connectivity index (χ4n) is 1.30. The quantitative estimate of drug-likeness (QED) is 0.718. The highest BCUT2D eigenvalue weighted by Gasteiger charge is 2.40. The molecule has 0 N–H and O–H groups in total. The van der Waals surface area contributed by atoms with E-state index in [1.165, 1.54) is 0 Å². The van der Waals surface area contributed by atoms with Crippen molar-refractivity contribution in [3.63, 3.8) is 0 Å². The van der Waals surface area contributed by atoms with Crippen molar-refractivity contribution in [3.8, 4) is 0 Å². The molecule has 0 saturated carbocycles.